The van der Waals surface area contributed by atoms with Crippen LogP contribution in [-0.2, 0) is 16.1 Å². The van der Waals surface area contributed by atoms with E-state index in [0.29, 0.717) is 0 Å². The molecule has 0 radical (unpaired) electrons. The molecule has 3 rings (SSSR count). The SMILES string of the molecule is Cc1cn([C@H]2CC[C@](COCc3ccccc3)(C(F)(F)F)O2)c(=O)[nH]c1=O. The molecule has 0 saturated carbocycles. The Balaban J connectivity index is 1.78. The van der Waals surface area contributed by atoms with E-state index in [0.717, 1.165) is 10.1 Å². The Hall–Kier alpha value is -2.39. The maximum Gasteiger partial charge on any atom is 0.419 e. The van der Waals surface area contributed by atoms with Crippen LogP contribution in [0.3, 0.4) is 0 Å². The van der Waals surface area contributed by atoms with Crippen LogP contribution >= 0.6 is 0 Å². The first-order valence-corrected chi connectivity index (χ1v) is 8.40. The summed E-state index contributed by atoms with van der Waals surface area (Å²) in [5.74, 6) is 0. The molecule has 1 saturated heterocycles. The van der Waals surface area contributed by atoms with E-state index in [9.17, 15) is 22.8 Å². The third-order valence-corrected chi connectivity index (χ3v) is 4.58. The highest BCUT2D eigenvalue weighted by molar-refractivity contribution is 5.13. The van der Waals surface area contributed by atoms with Gasteiger partial charge in [0.25, 0.3) is 5.56 Å². The molecular formula is C18H19F3N2O4. The van der Waals surface area contributed by atoms with Gasteiger partial charge in [-0.1, -0.05) is 30.3 Å². The van der Waals surface area contributed by atoms with Crippen LogP contribution in [0.15, 0.2) is 46.1 Å². The minimum Gasteiger partial charge on any atom is -0.373 e. The lowest BCUT2D eigenvalue weighted by Crippen LogP contribution is -2.49. The van der Waals surface area contributed by atoms with Crippen molar-refractivity contribution < 1.29 is 22.6 Å². The first-order valence-electron chi connectivity index (χ1n) is 8.40. The highest BCUT2D eigenvalue weighted by Gasteiger charge is 2.60. The van der Waals surface area contributed by atoms with Crippen molar-refractivity contribution in [2.45, 2.75) is 44.4 Å². The number of hydrogen-bond donors (Lipinski definition) is 1. The van der Waals surface area contributed by atoms with Crippen molar-refractivity contribution in [3.05, 3.63) is 68.5 Å². The summed E-state index contributed by atoms with van der Waals surface area (Å²) in [6.07, 6.45) is -4.96. The number of nitrogens with one attached hydrogen (secondary N) is 1. The fourth-order valence-electron chi connectivity index (χ4n) is 3.04. The van der Waals surface area contributed by atoms with Gasteiger partial charge in [0.1, 0.15) is 6.23 Å². The Morgan fingerprint density at radius 2 is 2.00 bits per heavy atom. The maximum atomic E-state index is 13.7. The Kier molecular flexibility index (Phi) is 5.25. The summed E-state index contributed by atoms with van der Waals surface area (Å²) in [5, 5.41) is 0. The van der Waals surface area contributed by atoms with Crippen LogP contribution in [0.1, 0.15) is 30.2 Å². The molecule has 6 nitrogen and oxygen atoms in total. The number of aryl methyl sites for hydroxylation is 1. The third kappa shape index (κ3) is 3.98. The lowest BCUT2D eigenvalue weighted by molar-refractivity contribution is -0.293. The van der Waals surface area contributed by atoms with Gasteiger partial charge in [-0.05, 0) is 25.3 Å². The minimum atomic E-state index is -4.67. The number of rotatable bonds is 5. The lowest BCUT2D eigenvalue weighted by Gasteiger charge is -2.31. The van der Waals surface area contributed by atoms with Crippen molar-refractivity contribution in [2.75, 3.05) is 6.61 Å². The van der Waals surface area contributed by atoms with Gasteiger partial charge in [-0.2, -0.15) is 13.2 Å². The second kappa shape index (κ2) is 7.32. The molecule has 1 aliphatic rings. The van der Waals surface area contributed by atoms with Crippen molar-refractivity contribution in [3.8, 4) is 0 Å². The average Bonchev–Trinajstić information content (AvgIpc) is 3.04. The fraction of sp³-hybridized carbons (Fsp3) is 0.444. The van der Waals surface area contributed by atoms with E-state index in [4.69, 9.17) is 9.47 Å². The first-order chi connectivity index (χ1) is 12.7. The summed E-state index contributed by atoms with van der Waals surface area (Å²) in [6, 6.07) is 8.84. The van der Waals surface area contributed by atoms with Gasteiger partial charge in [0.15, 0.2) is 5.60 Å². The van der Waals surface area contributed by atoms with Crippen molar-refractivity contribution in [2.24, 2.45) is 0 Å². The Morgan fingerprint density at radius 3 is 2.67 bits per heavy atom. The number of benzene rings is 1. The zero-order chi connectivity index (χ0) is 19.7. The quantitative estimate of drug-likeness (QED) is 0.860. The summed E-state index contributed by atoms with van der Waals surface area (Å²) < 4.78 is 52.8. The fourth-order valence-corrected chi connectivity index (χ4v) is 3.04. The predicted molar refractivity (Wildman–Crippen MR) is 90.3 cm³/mol. The molecule has 1 aromatic heterocycles. The normalized spacial score (nSPS) is 22.9. The van der Waals surface area contributed by atoms with Gasteiger partial charge in [0.05, 0.1) is 13.2 Å². The number of halogens is 3. The molecular weight excluding hydrogens is 365 g/mol. The van der Waals surface area contributed by atoms with Gasteiger partial charge in [-0.15, -0.1) is 0 Å². The molecule has 0 aliphatic carbocycles. The van der Waals surface area contributed by atoms with E-state index < -0.39 is 35.9 Å². The number of nitrogens with zero attached hydrogens (tertiary/aromatic N) is 1. The Morgan fingerprint density at radius 1 is 1.30 bits per heavy atom. The molecule has 2 atom stereocenters. The predicted octanol–water partition coefficient (Wildman–Crippen LogP) is 2.67. The number of aromatic nitrogens is 2. The molecule has 1 aromatic carbocycles. The zero-order valence-corrected chi connectivity index (χ0v) is 14.6. The second-order valence-electron chi connectivity index (χ2n) is 6.56. The van der Waals surface area contributed by atoms with Gasteiger partial charge in [-0.3, -0.25) is 14.3 Å². The molecule has 0 amide bonds. The van der Waals surface area contributed by atoms with Crippen LogP contribution in [0.5, 0.6) is 0 Å². The summed E-state index contributed by atoms with van der Waals surface area (Å²) in [4.78, 5) is 25.5. The van der Waals surface area contributed by atoms with Gasteiger partial charge < -0.3 is 9.47 Å². The molecule has 1 fully saturated rings. The van der Waals surface area contributed by atoms with E-state index in [-0.39, 0.29) is 25.0 Å². The second-order valence-corrected chi connectivity index (χ2v) is 6.56. The monoisotopic (exact) mass is 384 g/mol. The Labute approximate surface area is 152 Å². The summed E-state index contributed by atoms with van der Waals surface area (Å²) >= 11 is 0. The van der Waals surface area contributed by atoms with E-state index in [1.54, 1.807) is 30.3 Å². The molecule has 2 heterocycles. The number of hydrogen-bond acceptors (Lipinski definition) is 4. The summed E-state index contributed by atoms with van der Waals surface area (Å²) in [7, 11) is 0. The van der Waals surface area contributed by atoms with E-state index in [1.165, 1.54) is 13.1 Å². The van der Waals surface area contributed by atoms with Crippen LogP contribution < -0.4 is 11.2 Å². The standard InChI is InChI=1S/C18H19F3N2O4/c1-12-9-23(16(25)22-15(12)24)14-7-8-17(27-14,18(19,20)21)11-26-10-13-5-3-2-4-6-13/h2-6,9,14H,7-8,10-11H2,1H3,(H,22,24,25)/t14-,17+/m1/s1. The van der Waals surface area contributed by atoms with Crippen molar-refractivity contribution in [3.63, 3.8) is 0 Å². The van der Waals surface area contributed by atoms with Crippen molar-refractivity contribution >= 4 is 0 Å². The molecule has 1 aliphatic heterocycles. The number of aromatic amines is 1. The number of ether oxygens (including phenoxy) is 2. The molecule has 9 heteroatoms. The lowest BCUT2D eigenvalue weighted by atomic mass is 10.0. The molecule has 1 N–H and O–H groups in total. The van der Waals surface area contributed by atoms with Crippen LogP contribution in [0, 0.1) is 6.92 Å². The van der Waals surface area contributed by atoms with Crippen LogP contribution in [0.2, 0.25) is 0 Å². The molecule has 2 aromatic rings. The topological polar surface area (TPSA) is 73.3 Å². The smallest absolute Gasteiger partial charge is 0.373 e. The largest absolute Gasteiger partial charge is 0.419 e. The first kappa shape index (κ1) is 19.4. The van der Waals surface area contributed by atoms with E-state index in [2.05, 4.69) is 4.98 Å². The molecule has 146 valence electrons. The number of alkyl halides is 3. The van der Waals surface area contributed by atoms with Gasteiger partial charge >= 0.3 is 11.9 Å². The third-order valence-electron chi connectivity index (χ3n) is 4.58. The summed E-state index contributed by atoms with van der Waals surface area (Å²) in [6.45, 7) is 0.799. The maximum absolute atomic E-state index is 13.7. The van der Waals surface area contributed by atoms with Gasteiger partial charge in [0.2, 0.25) is 0 Å². The highest BCUT2D eigenvalue weighted by Crippen LogP contribution is 2.46. The summed E-state index contributed by atoms with van der Waals surface area (Å²) in [5.41, 5.74) is -2.93. The molecule has 0 unspecified atom stereocenters. The van der Waals surface area contributed by atoms with Crippen LogP contribution in [-0.4, -0.2) is 27.9 Å². The van der Waals surface area contributed by atoms with Crippen molar-refractivity contribution in [1.82, 2.24) is 9.55 Å². The van der Waals surface area contributed by atoms with Crippen LogP contribution in [0.25, 0.3) is 0 Å². The van der Waals surface area contributed by atoms with Crippen LogP contribution in [0.4, 0.5) is 13.2 Å². The molecule has 27 heavy (non-hydrogen) atoms. The van der Waals surface area contributed by atoms with Crippen molar-refractivity contribution in [1.29, 1.82) is 0 Å². The Bertz CT molecular complexity index is 907. The van der Waals surface area contributed by atoms with Gasteiger partial charge in [0, 0.05) is 11.8 Å². The van der Waals surface area contributed by atoms with E-state index in [1.807, 2.05) is 0 Å². The minimum absolute atomic E-state index is 0.0183. The molecule has 0 spiro atoms. The highest BCUT2D eigenvalue weighted by atomic mass is 19.4. The number of H-pyrrole nitrogens is 1. The van der Waals surface area contributed by atoms with E-state index >= 15 is 0 Å². The average molecular weight is 384 g/mol. The molecule has 0 bridgehead atoms. The zero-order valence-electron chi connectivity index (χ0n) is 14.6. The van der Waals surface area contributed by atoms with Gasteiger partial charge in [-0.25, -0.2) is 4.79 Å².